The van der Waals surface area contributed by atoms with Crippen LogP contribution in [0.5, 0.6) is 0 Å². The third-order valence-corrected chi connectivity index (χ3v) is 2.16. The zero-order valence-corrected chi connectivity index (χ0v) is 10.3. The zero-order valence-electron chi connectivity index (χ0n) is 10.3. The number of carbonyl (C=O) groups is 3. The highest BCUT2D eigenvalue weighted by Crippen LogP contribution is 2.03. The summed E-state index contributed by atoms with van der Waals surface area (Å²) in [4.78, 5) is 32.8. The molecule has 0 aromatic heterocycles. The number of amides is 4. The molecule has 0 fully saturated rings. The first kappa shape index (κ1) is 14.5. The SMILES string of the molecule is NC(=O)NC(=O)CCNC(=O)CNc1ccccc1. The highest BCUT2D eigenvalue weighted by atomic mass is 16.2. The summed E-state index contributed by atoms with van der Waals surface area (Å²) in [6.07, 6.45) is 0.0000168. The summed E-state index contributed by atoms with van der Waals surface area (Å²) in [6.45, 7) is 0.260. The summed E-state index contributed by atoms with van der Waals surface area (Å²) in [5, 5.41) is 7.38. The lowest BCUT2D eigenvalue weighted by atomic mass is 10.3. The topological polar surface area (TPSA) is 113 Å². The summed E-state index contributed by atoms with van der Waals surface area (Å²) in [5.41, 5.74) is 5.61. The molecular formula is C12H16N4O3. The van der Waals surface area contributed by atoms with Gasteiger partial charge in [-0.3, -0.25) is 14.9 Å². The van der Waals surface area contributed by atoms with Gasteiger partial charge in [0.05, 0.1) is 6.54 Å². The summed E-state index contributed by atoms with van der Waals surface area (Å²) in [6, 6.07) is 8.37. The van der Waals surface area contributed by atoms with E-state index in [2.05, 4.69) is 10.6 Å². The van der Waals surface area contributed by atoms with Crippen molar-refractivity contribution < 1.29 is 14.4 Å². The molecule has 0 atom stereocenters. The molecule has 4 amide bonds. The Bertz CT molecular complexity index is 448. The molecule has 0 radical (unpaired) electrons. The molecule has 5 N–H and O–H groups in total. The predicted octanol–water partition coefficient (Wildman–Crippen LogP) is -0.200. The number of nitrogens with two attached hydrogens (primary N) is 1. The Balaban J connectivity index is 2.15. The maximum atomic E-state index is 11.4. The number of imide groups is 1. The van der Waals surface area contributed by atoms with Crippen molar-refractivity contribution in [1.82, 2.24) is 10.6 Å². The van der Waals surface area contributed by atoms with Crippen LogP contribution in [0, 0.1) is 0 Å². The van der Waals surface area contributed by atoms with Crippen LogP contribution in [-0.4, -0.2) is 30.9 Å². The average molecular weight is 264 g/mol. The van der Waals surface area contributed by atoms with E-state index >= 15 is 0 Å². The number of benzene rings is 1. The number of anilines is 1. The Kier molecular flexibility index (Phi) is 5.87. The molecule has 0 aliphatic carbocycles. The van der Waals surface area contributed by atoms with Crippen LogP contribution < -0.4 is 21.7 Å². The molecule has 0 saturated heterocycles. The Hall–Kier alpha value is -2.57. The second kappa shape index (κ2) is 7.70. The first-order valence-corrected chi connectivity index (χ1v) is 5.73. The van der Waals surface area contributed by atoms with Gasteiger partial charge in [-0.15, -0.1) is 0 Å². The minimum atomic E-state index is -0.901. The van der Waals surface area contributed by atoms with Gasteiger partial charge in [0.25, 0.3) is 0 Å². The van der Waals surface area contributed by atoms with Gasteiger partial charge in [0, 0.05) is 18.7 Å². The minimum Gasteiger partial charge on any atom is -0.376 e. The quantitative estimate of drug-likeness (QED) is 0.569. The van der Waals surface area contributed by atoms with Gasteiger partial charge < -0.3 is 16.4 Å². The number of hydrogen-bond acceptors (Lipinski definition) is 4. The highest BCUT2D eigenvalue weighted by molar-refractivity contribution is 5.93. The smallest absolute Gasteiger partial charge is 0.318 e. The maximum Gasteiger partial charge on any atom is 0.318 e. The molecular weight excluding hydrogens is 248 g/mol. The third-order valence-electron chi connectivity index (χ3n) is 2.16. The number of nitrogens with one attached hydrogen (secondary N) is 3. The molecule has 102 valence electrons. The van der Waals surface area contributed by atoms with Crippen molar-refractivity contribution in [2.24, 2.45) is 5.73 Å². The predicted molar refractivity (Wildman–Crippen MR) is 70.3 cm³/mol. The first-order chi connectivity index (χ1) is 9.08. The molecule has 7 heteroatoms. The van der Waals surface area contributed by atoms with Crippen molar-refractivity contribution >= 4 is 23.5 Å². The van der Waals surface area contributed by atoms with Crippen molar-refractivity contribution in [2.75, 3.05) is 18.4 Å². The Morgan fingerprint density at radius 2 is 1.74 bits per heavy atom. The molecule has 1 aromatic carbocycles. The lowest BCUT2D eigenvalue weighted by Gasteiger charge is -2.07. The Morgan fingerprint density at radius 3 is 2.37 bits per heavy atom. The number of hydrogen-bond donors (Lipinski definition) is 4. The molecule has 0 aliphatic heterocycles. The van der Waals surface area contributed by atoms with Crippen LogP contribution in [0.25, 0.3) is 0 Å². The van der Waals surface area contributed by atoms with Crippen molar-refractivity contribution in [3.8, 4) is 0 Å². The highest BCUT2D eigenvalue weighted by Gasteiger charge is 2.05. The van der Waals surface area contributed by atoms with Crippen LogP contribution in [0.4, 0.5) is 10.5 Å². The number of urea groups is 1. The monoisotopic (exact) mass is 264 g/mol. The summed E-state index contributed by atoms with van der Waals surface area (Å²) in [5.74, 6) is -0.764. The molecule has 19 heavy (non-hydrogen) atoms. The van der Waals surface area contributed by atoms with Crippen LogP contribution in [0.15, 0.2) is 30.3 Å². The molecule has 0 saturated carbocycles. The Morgan fingerprint density at radius 1 is 1.05 bits per heavy atom. The van der Waals surface area contributed by atoms with E-state index in [0.717, 1.165) is 5.69 Å². The van der Waals surface area contributed by atoms with Crippen LogP contribution >= 0.6 is 0 Å². The normalized spacial score (nSPS) is 9.47. The largest absolute Gasteiger partial charge is 0.376 e. The van der Waals surface area contributed by atoms with Crippen LogP contribution in [0.3, 0.4) is 0 Å². The molecule has 1 rings (SSSR count). The van der Waals surface area contributed by atoms with E-state index in [1.54, 1.807) is 0 Å². The fraction of sp³-hybridized carbons (Fsp3) is 0.250. The molecule has 0 unspecified atom stereocenters. The fourth-order valence-electron chi connectivity index (χ4n) is 1.32. The lowest BCUT2D eigenvalue weighted by molar-refractivity contribution is -0.120. The number of primary amides is 1. The van der Waals surface area contributed by atoms with Crippen molar-refractivity contribution in [3.05, 3.63) is 30.3 Å². The third kappa shape index (κ3) is 6.67. The van der Waals surface area contributed by atoms with Gasteiger partial charge in [0.15, 0.2) is 0 Å². The summed E-state index contributed by atoms with van der Waals surface area (Å²) < 4.78 is 0. The number of para-hydroxylation sites is 1. The van der Waals surface area contributed by atoms with Gasteiger partial charge in [0.1, 0.15) is 0 Å². The number of rotatable bonds is 6. The second-order valence-corrected chi connectivity index (χ2v) is 3.73. The van der Waals surface area contributed by atoms with E-state index in [1.165, 1.54) is 0 Å². The van der Waals surface area contributed by atoms with Gasteiger partial charge in [-0.05, 0) is 12.1 Å². The summed E-state index contributed by atoms with van der Waals surface area (Å²) >= 11 is 0. The molecule has 0 heterocycles. The molecule has 0 spiro atoms. The standard InChI is InChI=1S/C12H16N4O3/c13-12(19)16-10(17)6-7-14-11(18)8-15-9-4-2-1-3-5-9/h1-5,15H,6-8H2,(H,14,18)(H3,13,16,17,19). The maximum absolute atomic E-state index is 11.4. The second-order valence-electron chi connectivity index (χ2n) is 3.73. The fourth-order valence-corrected chi connectivity index (χ4v) is 1.32. The van der Waals surface area contributed by atoms with Gasteiger partial charge in [0.2, 0.25) is 11.8 Å². The van der Waals surface area contributed by atoms with Gasteiger partial charge in [-0.2, -0.15) is 0 Å². The zero-order chi connectivity index (χ0) is 14.1. The van der Waals surface area contributed by atoms with Gasteiger partial charge in [-0.25, -0.2) is 4.79 Å². The molecule has 0 bridgehead atoms. The van der Waals surface area contributed by atoms with E-state index < -0.39 is 11.9 Å². The van der Waals surface area contributed by atoms with Crippen LogP contribution in [-0.2, 0) is 9.59 Å². The molecule has 7 nitrogen and oxygen atoms in total. The van der Waals surface area contributed by atoms with E-state index in [-0.39, 0.29) is 25.4 Å². The first-order valence-electron chi connectivity index (χ1n) is 5.73. The lowest BCUT2D eigenvalue weighted by Crippen LogP contribution is -2.38. The molecule has 0 aliphatic rings. The number of carbonyl (C=O) groups excluding carboxylic acids is 3. The van der Waals surface area contributed by atoms with E-state index in [0.29, 0.717) is 0 Å². The van der Waals surface area contributed by atoms with E-state index in [1.807, 2.05) is 35.6 Å². The van der Waals surface area contributed by atoms with Crippen molar-refractivity contribution in [1.29, 1.82) is 0 Å². The summed E-state index contributed by atoms with van der Waals surface area (Å²) in [7, 11) is 0. The van der Waals surface area contributed by atoms with Crippen LogP contribution in [0.2, 0.25) is 0 Å². The van der Waals surface area contributed by atoms with Gasteiger partial charge >= 0.3 is 6.03 Å². The van der Waals surface area contributed by atoms with E-state index in [4.69, 9.17) is 5.73 Å². The van der Waals surface area contributed by atoms with Crippen molar-refractivity contribution in [3.63, 3.8) is 0 Å². The minimum absolute atomic E-state index is 0.0000168. The van der Waals surface area contributed by atoms with Gasteiger partial charge in [-0.1, -0.05) is 18.2 Å². The van der Waals surface area contributed by atoms with E-state index in [9.17, 15) is 14.4 Å². The Labute approximate surface area is 110 Å². The van der Waals surface area contributed by atoms with Crippen LogP contribution in [0.1, 0.15) is 6.42 Å². The molecule has 1 aromatic rings. The van der Waals surface area contributed by atoms with Crippen molar-refractivity contribution in [2.45, 2.75) is 6.42 Å². The average Bonchev–Trinajstić information content (AvgIpc) is 2.36.